The number of furan rings is 1. The zero-order chi connectivity index (χ0) is 16.7. The van der Waals surface area contributed by atoms with Crippen molar-refractivity contribution in [3.05, 3.63) is 64.5 Å². The third-order valence-corrected chi connectivity index (χ3v) is 6.83. The van der Waals surface area contributed by atoms with E-state index in [0.29, 0.717) is 5.41 Å². The number of piperidine rings is 1. The molecular formula is C21H22N2OS. The fourth-order valence-electron chi connectivity index (χ4n) is 4.59. The van der Waals surface area contributed by atoms with Gasteiger partial charge in [-0.05, 0) is 66.9 Å². The second kappa shape index (κ2) is 6.11. The number of rotatable bonds is 3. The van der Waals surface area contributed by atoms with Crippen LogP contribution in [-0.2, 0) is 18.4 Å². The van der Waals surface area contributed by atoms with Crippen molar-refractivity contribution in [2.75, 3.05) is 13.1 Å². The molecule has 25 heavy (non-hydrogen) atoms. The third kappa shape index (κ3) is 2.74. The largest absolute Gasteiger partial charge is 0.472 e. The maximum absolute atomic E-state index is 5.28. The number of likely N-dealkylation sites (tertiary alicyclic amines) is 1. The minimum Gasteiger partial charge on any atom is -0.472 e. The molecule has 0 N–H and O–H groups in total. The summed E-state index contributed by atoms with van der Waals surface area (Å²) in [6.45, 7) is 3.36. The minimum absolute atomic E-state index is 0.383. The van der Waals surface area contributed by atoms with Crippen molar-refractivity contribution in [2.45, 2.75) is 37.6 Å². The number of nitrogens with zero attached hydrogens (tertiary/aromatic N) is 2. The van der Waals surface area contributed by atoms with Crippen molar-refractivity contribution in [1.29, 1.82) is 0 Å². The van der Waals surface area contributed by atoms with Crippen LogP contribution in [0.4, 0.5) is 0 Å². The van der Waals surface area contributed by atoms with Gasteiger partial charge in [-0.25, -0.2) is 4.98 Å². The molecule has 1 spiro atoms. The Hall–Kier alpha value is -1.91. The van der Waals surface area contributed by atoms with Gasteiger partial charge >= 0.3 is 0 Å². The summed E-state index contributed by atoms with van der Waals surface area (Å²) >= 11 is 1.77. The molecule has 2 aliphatic rings. The van der Waals surface area contributed by atoms with E-state index in [1.54, 1.807) is 28.7 Å². The summed E-state index contributed by atoms with van der Waals surface area (Å²) in [6.07, 6.45) is 10.6. The van der Waals surface area contributed by atoms with Crippen LogP contribution in [0.25, 0.3) is 11.1 Å². The smallest absolute Gasteiger partial charge is 0.107 e. The van der Waals surface area contributed by atoms with Crippen LogP contribution in [0, 0.1) is 0 Å². The fourth-order valence-corrected chi connectivity index (χ4v) is 5.24. The van der Waals surface area contributed by atoms with E-state index in [2.05, 4.69) is 39.5 Å². The van der Waals surface area contributed by atoms with E-state index in [9.17, 15) is 0 Å². The lowest BCUT2D eigenvalue weighted by Crippen LogP contribution is -2.41. The number of aromatic nitrogens is 1. The average molecular weight is 350 g/mol. The highest BCUT2D eigenvalue weighted by Gasteiger charge is 2.41. The summed E-state index contributed by atoms with van der Waals surface area (Å²) in [6, 6.07) is 9.08. The summed E-state index contributed by atoms with van der Waals surface area (Å²) in [5, 5.41) is 3.32. The number of benzene rings is 1. The van der Waals surface area contributed by atoms with Crippen molar-refractivity contribution in [3.8, 4) is 11.1 Å². The maximum atomic E-state index is 5.28. The van der Waals surface area contributed by atoms with Gasteiger partial charge in [-0.15, -0.1) is 11.3 Å². The van der Waals surface area contributed by atoms with Crippen molar-refractivity contribution in [2.24, 2.45) is 0 Å². The van der Waals surface area contributed by atoms with Crippen LogP contribution in [0.15, 0.2) is 52.8 Å². The molecule has 2 aromatic heterocycles. The molecule has 1 aliphatic carbocycles. The first-order valence-corrected chi connectivity index (χ1v) is 9.97. The molecule has 0 saturated carbocycles. The van der Waals surface area contributed by atoms with E-state index in [-0.39, 0.29) is 0 Å². The van der Waals surface area contributed by atoms with Gasteiger partial charge in [0, 0.05) is 17.1 Å². The molecule has 0 amide bonds. The van der Waals surface area contributed by atoms with Crippen molar-refractivity contribution < 1.29 is 4.42 Å². The number of fused-ring (bicyclic) bond motifs is 2. The van der Waals surface area contributed by atoms with Gasteiger partial charge in [-0.1, -0.05) is 18.2 Å². The predicted octanol–water partition coefficient (Wildman–Crippen LogP) is 4.88. The van der Waals surface area contributed by atoms with Crippen LogP contribution in [0.1, 0.15) is 35.4 Å². The van der Waals surface area contributed by atoms with E-state index in [1.165, 1.54) is 54.9 Å². The van der Waals surface area contributed by atoms with E-state index in [0.717, 1.165) is 6.54 Å². The second-order valence-corrected chi connectivity index (χ2v) is 8.35. The standard InChI is InChI=1S/C21H22N2OS/c1-2-17(18-4-11-24-15-18)13-19-16(1)3-5-21(19)6-9-23(10-7-21)14-20-22-8-12-25-20/h1-2,4,8,11-13,15H,3,5-7,9-10,14H2. The molecule has 1 aliphatic heterocycles. The number of hydrogen-bond acceptors (Lipinski definition) is 4. The first-order chi connectivity index (χ1) is 12.3. The minimum atomic E-state index is 0.383. The van der Waals surface area contributed by atoms with Crippen molar-refractivity contribution in [1.82, 2.24) is 9.88 Å². The summed E-state index contributed by atoms with van der Waals surface area (Å²) in [4.78, 5) is 7.01. The van der Waals surface area contributed by atoms with Crippen LogP contribution in [-0.4, -0.2) is 23.0 Å². The van der Waals surface area contributed by atoms with Crippen molar-refractivity contribution in [3.63, 3.8) is 0 Å². The molecule has 0 radical (unpaired) electrons. The first-order valence-electron chi connectivity index (χ1n) is 9.09. The molecule has 0 bridgehead atoms. The SMILES string of the molecule is c1csc(CN2CCC3(CCc4ccc(-c5ccoc5)cc43)CC2)n1. The molecule has 1 fully saturated rings. The van der Waals surface area contributed by atoms with Gasteiger partial charge in [0.1, 0.15) is 5.01 Å². The quantitative estimate of drug-likeness (QED) is 0.674. The van der Waals surface area contributed by atoms with Crippen LogP contribution in [0.2, 0.25) is 0 Å². The summed E-state index contributed by atoms with van der Waals surface area (Å²) in [5.41, 5.74) is 6.01. The highest BCUT2D eigenvalue weighted by atomic mass is 32.1. The van der Waals surface area contributed by atoms with E-state index < -0.39 is 0 Å². The van der Waals surface area contributed by atoms with Crippen LogP contribution in [0.5, 0.6) is 0 Å². The Kier molecular flexibility index (Phi) is 3.75. The zero-order valence-electron chi connectivity index (χ0n) is 14.3. The lowest BCUT2D eigenvalue weighted by Gasteiger charge is -2.40. The maximum Gasteiger partial charge on any atom is 0.107 e. The first kappa shape index (κ1) is 15.4. The van der Waals surface area contributed by atoms with Gasteiger partial charge < -0.3 is 4.42 Å². The molecule has 5 rings (SSSR count). The van der Waals surface area contributed by atoms with Gasteiger partial charge in [-0.2, -0.15) is 0 Å². The van der Waals surface area contributed by atoms with Gasteiger partial charge in [0.05, 0.1) is 19.1 Å². The fraction of sp³-hybridized carbons (Fsp3) is 0.381. The number of aryl methyl sites for hydroxylation is 1. The Morgan fingerprint density at radius 3 is 2.80 bits per heavy atom. The predicted molar refractivity (Wildman–Crippen MR) is 101 cm³/mol. The van der Waals surface area contributed by atoms with Crippen LogP contribution >= 0.6 is 11.3 Å². The Morgan fingerprint density at radius 1 is 1.12 bits per heavy atom. The van der Waals surface area contributed by atoms with E-state index in [1.807, 2.05) is 12.5 Å². The molecule has 3 heterocycles. The highest BCUT2D eigenvalue weighted by Crippen LogP contribution is 2.47. The molecule has 1 saturated heterocycles. The van der Waals surface area contributed by atoms with E-state index in [4.69, 9.17) is 4.42 Å². The number of hydrogen-bond donors (Lipinski definition) is 0. The van der Waals surface area contributed by atoms with Gasteiger partial charge in [0.15, 0.2) is 0 Å². The third-order valence-electron chi connectivity index (χ3n) is 6.06. The highest BCUT2D eigenvalue weighted by molar-refractivity contribution is 7.09. The average Bonchev–Trinajstić information content (AvgIpc) is 3.39. The summed E-state index contributed by atoms with van der Waals surface area (Å²) in [7, 11) is 0. The van der Waals surface area contributed by atoms with Crippen LogP contribution in [0.3, 0.4) is 0 Å². The lowest BCUT2D eigenvalue weighted by atomic mass is 9.73. The molecule has 4 heteroatoms. The van der Waals surface area contributed by atoms with Gasteiger partial charge in [0.25, 0.3) is 0 Å². The molecule has 0 unspecified atom stereocenters. The van der Waals surface area contributed by atoms with Gasteiger partial charge in [0.2, 0.25) is 0 Å². The molecule has 3 aromatic rings. The van der Waals surface area contributed by atoms with E-state index >= 15 is 0 Å². The Balaban J connectivity index is 1.37. The number of thiazole rings is 1. The molecule has 128 valence electrons. The second-order valence-electron chi connectivity index (χ2n) is 7.37. The van der Waals surface area contributed by atoms with Gasteiger partial charge in [-0.3, -0.25) is 4.90 Å². The monoisotopic (exact) mass is 350 g/mol. The van der Waals surface area contributed by atoms with Crippen LogP contribution < -0.4 is 0 Å². The van der Waals surface area contributed by atoms with Crippen molar-refractivity contribution >= 4 is 11.3 Å². The summed E-state index contributed by atoms with van der Waals surface area (Å²) in [5.74, 6) is 0. The summed E-state index contributed by atoms with van der Waals surface area (Å²) < 4.78 is 5.28. The zero-order valence-corrected chi connectivity index (χ0v) is 15.1. The Bertz CT molecular complexity index is 846. The Labute approximate surface area is 152 Å². The lowest BCUT2D eigenvalue weighted by molar-refractivity contribution is 0.152. The molecule has 0 atom stereocenters. The molecule has 3 nitrogen and oxygen atoms in total. The Morgan fingerprint density at radius 2 is 2.04 bits per heavy atom. The topological polar surface area (TPSA) is 29.3 Å². The molecule has 1 aromatic carbocycles. The molecular weight excluding hydrogens is 328 g/mol. The normalized spacial score (nSPS) is 19.4.